The summed E-state index contributed by atoms with van der Waals surface area (Å²) in [6.07, 6.45) is 1.51. The number of halogens is 1. The van der Waals surface area contributed by atoms with Crippen LogP contribution in [-0.2, 0) is 0 Å². The third kappa shape index (κ3) is 2.81. The number of aromatic carboxylic acids is 1. The highest BCUT2D eigenvalue weighted by molar-refractivity contribution is 6.33. The van der Waals surface area contributed by atoms with Crippen LogP contribution < -0.4 is 5.32 Å². The number of benzene rings is 1. The predicted octanol–water partition coefficient (Wildman–Crippen LogP) is 3.05. The first-order chi connectivity index (χ1) is 9.11. The number of nitriles is 1. The number of pyridine rings is 1. The second-order valence-corrected chi connectivity index (χ2v) is 4.04. The predicted molar refractivity (Wildman–Crippen MR) is 70.6 cm³/mol. The lowest BCUT2D eigenvalue weighted by Crippen LogP contribution is -1.99. The Morgan fingerprint density at radius 2 is 2.16 bits per heavy atom. The first-order valence-corrected chi connectivity index (χ1v) is 5.64. The van der Waals surface area contributed by atoms with Crippen molar-refractivity contribution in [3.63, 3.8) is 0 Å². The second-order valence-electron chi connectivity index (χ2n) is 3.64. The maximum atomic E-state index is 10.8. The second kappa shape index (κ2) is 5.38. The summed E-state index contributed by atoms with van der Waals surface area (Å²) in [5.41, 5.74) is 1.36. The van der Waals surface area contributed by atoms with E-state index >= 15 is 0 Å². The Morgan fingerprint density at radius 3 is 2.79 bits per heavy atom. The highest BCUT2D eigenvalue weighted by Gasteiger charge is 2.09. The molecule has 0 saturated carbocycles. The van der Waals surface area contributed by atoms with E-state index in [9.17, 15) is 4.79 Å². The quantitative estimate of drug-likeness (QED) is 0.897. The Labute approximate surface area is 114 Å². The van der Waals surface area contributed by atoms with Crippen molar-refractivity contribution < 1.29 is 9.90 Å². The molecule has 0 atom stereocenters. The van der Waals surface area contributed by atoms with E-state index in [-0.39, 0.29) is 16.3 Å². The van der Waals surface area contributed by atoms with Crippen molar-refractivity contribution in [1.29, 1.82) is 5.26 Å². The molecule has 0 aliphatic rings. The minimum Gasteiger partial charge on any atom is -0.478 e. The molecule has 0 amide bonds. The zero-order chi connectivity index (χ0) is 13.8. The first-order valence-electron chi connectivity index (χ1n) is 5.27. The van der Waals surface area contributed by atoms with Crippen molar-refractivity contribution in [3.05, 3.63) is 52.8 Å². The van der Waals surface area contributed by atoms with E-state index in [0.29, 0.717) is 11.4 Å². The minimum absolute atomic E-state index is 0.0993. The fourth-order valence-corrected chi connectivity index (χ4v) is 1.72. The Hall–Kier alpha value is -2.58. The molecule has 0 spiro atoms. The number of nitrogens with zero attached hydrogens (tertiary/aromatic N) is 2. The summed E-state index contributed by atoms with van der Waals surface area (Å²) in [6.45, 7) is 0. The number of hydrogen-bond donors (Lipinski definition) is 2. The van der Waals surface area contributed by atoms with Crippen molar-refractivity contribution in [2.45, 2.75) is 0 Å². The van der Waals surface area contributed by atoms with Crippen LogP contribution in [0.25, 0.3) is 0 Å². The minimum atomic E-state index is -1.05. The monoisotopic (exact) mass is 273 g/mol. The van der Waals surface area contributed by atoms with Gasteiger partial charge in [-0.2, -0.15) is 5.26 Å². The number of hydrogen-bond acceptors (Lipinski definition) is 4. The molecule has 0 unspecified atom stereocenters. The summed E-state index contributed by atoms with van der Waals surface area (Å²) in [6, 6.07) is 9.64. The molecule has 0 saturated heterocycles. The van der Waals surface area contributed by atoms with Gasteiger partial charge >= 0.3 is 5.97 Å². The molecular formula is C13H8ClN3O2. The summed E-state index contributed by atoms with van der Waals surface area (Å²) in [5, 5.41) is 21.0. The molecule has 0 radical (unpaired) electrons. The van der Waals surface area contributed by atoms with Crippen molar-refractivity contribution in [3.8, 4) is 6.07 Å². The first kappa shape index (κ1) is 12.9. The van der Waals surface area contributed by atoms with Gasteiger partial charge in [-0.3, -0.25) is 0 Å². The third-order valence-corrected chi connectivity index (χ3v) is 2.71. The van der Waals surface area contributed by atoms with Crippen molar-refractivity contribution in [2.75, 3.05) is 5.32 Å². The molecule has 2 rings (SSSR count). The number of carboxylic acids is 1. The van der Waals surface area contributed by atoms with Crippen LogP contribution in [0.2, 0.25) is 5.02 Å². The molecule has 6 heteroatoms. The maximum absolute atomic E-state index is 10.8. The molecule has 5 nitrogen and oxygen atoms in total. The zero-order valence-corrected chi connectivity index (χ0v) is 10.3. The molecule has 0 aliphatic heterocycles. The van der Waals surface area contributed by atoms with E-state index in [0.717, 1.165) is 0 Å². The van der Waals surface area contributed by atoms with E-state index in [2.05, 4.69) is 10.3 Å². The van der Waals surface area contributed by atoms with Gasteiger partial charge in [-0.1, -0.05) is 11.6 Å². The van der Waals surface area contributed by atoms with Gasteiger partial charge in [-0.25, -0.2) is 9.78 Å². The summed E-state index contributed by atoms with van der Waals surface area (Å²) in [5.74, 6) is -1.05. The van der Waals surface area contributed by atoms with E-state index in [1.807, 2.05) is 6.07 Å². The molecule has 2 aromatic rings. The van der Waals surface area contributed by atoms with Crippen LogP contribution in [0.15, 0.2) is 36.5 Å². The Bertz CT molecular complexity index is 680. The molecule has 0 aliphatic carbocycles. The third-order valence-electron chi connectivity index (χ3n) is 2.40. The standard InChI is InChI=1S/C13H8ClN3O2/c14-9-6-8(13(18)19)3-4-10(9)17-11-2-1-5-16-12(11)7-15/h1-6,17H,(H,18,19). The summed E-state index contributed by atoms with van der Waals surface area (Å²) < 4.78 is 0. The average Bonchev–Trinajstić information content (AvgIpc) is 2.41. The van der Waals surface area contributed by atoms with Crippen LogP contribution in [-0.4, -0.2) is 16.1 Å². The smallest absolute Gasteiger partial charge is 0.335 e. The maximum Gasteiger partial charge on any atom is 0.335 e. The van der Waals surface area contributed by atoms with Crippen molar-refractivity contribution in [2.24, 2.45) is 0 Å². The Morgan fingerprint density at radius 1 is 1.37 bits per heavy atom. The van der Waals surface area contributed by atoms with E-state index in [4.69, 9.17) is 22.0 Å². The van der Waals surface area contributed by atoms with Gasteiger partial charge in [-0.05, 0) is 30.3 Å². The molecule has 19 heavy (non-hydrogen) atoms. The number of rotatable bonds is 3. The van der Waals surface area contributed by atoms with Crippen LogP contribution in [0.1, 0.15) is 16.1 Å². The van der Waals surface area contributed by atoms with E-state index in [1.54, 1.807) is 18.2 Å². The molecule has 94 valence electrons. The van der Waals surface area contributed by atoms with Crippen LogP contribution in [0.3, 0.4) is 0 Å². The molecule has 0 fully saturated rings. The highest BCUT2D eigenvalue weighted by atomic mass is 35.5. The fraction of sp³-hybridized carbons (Fsp3) is 0. The van der Waals surface area contributed by atoms with Gasteiger partial charge in [0.15, 0.2) is 5.69 Å². The lowest BCUT2D eigenvalue weighted by atomic mass is 10.2. The lowest BCUT2D eigenvalue weighted by Gasteiger charge is -2.09. The molecule has 0 bridgehead atoms. The topological polar surface area (TPSA) is 86.0 Å². The number of anilines is 2. The van der Waals surface area contributed by atoms with Crippen LogP contribution in [0, 0.1) is 11.3 Å². The average molecular weight is 274 g/mol. The zero-order valence-electron chi connectivity index (χ0n) is 9.59. The van der Waals surface area contributed by atoms with Gasteiger partial charge in [0.2, 0.25) is 0 Å². The number of aromatic nitrogens is 1. The fourth-order valence-electron chi connectivity index (χ4n) is 1.49. The van der Waals surface area contributed by atoms with E-state index in [1.165, 1.54) is 18.3 Å². The van der Waals surface area contributed by atoms with Crippen molar-refractivity contribution >= 4 is 28.9 Å². The van der Waals surface area contributed by atoms with Gasteiger partial charge in [-0.15, -0.1) is 0 Å². The Balaban J connectivity index is 2.34. The molecule has 1 aromatic heterocycles. The van der Waals surface area contributed by atoms with Crippen LogP contribution >= 0.6 is 11.6 Å². The normalized spacial score (nSPS) is 9.68. The largest absolute Gasteiger partial charge is 0.478 e. The summed E-state index contributed by atoms with van der Waals surface area (Å²) in [7, 11) is 0. The molecule has 1 heterocycles. The Kier molecular flexibility index (Phi) is 3.64. The van der Waals surface area contributed by atoms with Gasteiger partial charge in [0.05, 0.1) is 22.0 Å². The SMILES string of the molecule is N#Cc1ncccc1Nc1ccc(C(=O)O)cc1Cl. The summed E-state index contributed by atoms with van der Waals surface area (Å²) >= 11 is 5.99. The van der Waals surface area contributed by atoms with Gasteiger partial charge in [0, 0.05) is 6.20 Å². The lowest BCUT2D eigenvalue weighted by molar-refractivity contribution is 0.0697. The molecular weight excluding hydrogens is 266 g/mol. The number of carbonyl (C=O) groups is 1. The number of nitrogens with one attached hydrogen (secondary N) is 1. The van der Waals surface area contributed by atoms with Crippen LogP contribution in [0.5, 0.6) is 0 Å². The summed E-state index contributed by atoms with van der Waals surface area (Å²) in [4.78, 5) is 14.7. The van der Waals surface area contributed by atoms with Crippen LogP contribution in [0.4, 0.5) is 11.4 Å². The van der Waals surface area contributed by atoms with Gasteiger partial charge < -0.3 is 10.4 Å². The number of carboxylic acid groups (broad SMARTS) is 1. The van der Waals surface area contributed by atoms with Gasteiger partial charge in [0.25, 0.3) is 0 Å². The highest BCUT2D eigenvalue weighted by Crippen LogP contribution is 2.27. The molecule has 1 aromatic carbocycles. The van der Waals surface area contributed by atoms with Crippen molar-refractivity contribution in [1.82, 2.24) is 4.98 Å². The molecule has 2 N–H and O–H groups in total. The van der Waals surface area contributed by atoms with Gasteiger partial charge in [0.1, 0.15) is 6.07 Å². The van der Waals surface area contributed by atoms with E-state index < -0.39 is 5.97 Å².